The van der Waals surface area contributed by atoms with Crippen molar-refractivity contribution < 1.29 is 13.2 Å². The van der Waals surface area contributed by atoms with Crippen LogP contribution in [-0.2, 0) is 21.4 Å². The van der Waals surface area contributed by atoms with E-state index in [0.29, 0.717) is 25.3 Å². The third kappa shape index (κ3) is 4.12. The molecule has 7 nitrogen and oxygen atoms in total. The molecule has 29 heavy (non-hydrogen) atoms. The van der Waals surface area contributed by atoms with E-state index in [0.717, 1.165) is 10.4 Å². The first-order valence-corrected chi connectivity index (χ1v) is 11.7. The van der Waals surface area contributed by atoms with E-state index in [-0.39, 0.29) is 23.9 Å². The van der Waals surface area contributed by atoms with Crippen molar-refractivity contribution in [3.63, 3.8) is 0 Å². The molecule has 0 saturated carbocycles. The Morgan fingerprint density at radius 3 is 2.41 bits per heavy atom. The van der Waals surface area contributed by atoms with E-state index in [1.54, 1.807) is 15.8 Å². The van der Waals surface area contributed by atoms with Crippen molar-refractivity contribution >= 4 is 27.3 Å². The predicted molar refractivity (Wildman–Crippen MR) is 112 cm³/mol. The van der Waals surface area contributed by atoms with Crippen LogP contribution in [-0.4, -0.2) is 59.5 Å². The molecule has 0 bridgehead atoms. The molecule has 0 atom stereocenters. The molecular weight excluding hydrogens is 408 g/mol. The Balaban J connectivity index is 1.67. The van der Waals surface area contributed by atoms with Crippen LogP contribution in [0.1, 0.15) is 12.5 Å². The lowest BCUT2D eigenvalue weighted by Gasteiger charge is -2.33. The number of aromatic nitrogens is 2. The number of amides is 1. The lowest BCUT2D eigenvalue weighted by Crippen LogP contribution is -2.49. The van der Waals surface area contributed by atoms with Crippen molar-refractivity contribution in [3.05, 3.63) is 59.6 Å². The van der Waals surface area contributed by atoms with Gasteiger partial charge >= 0.3 is 0 Å². The topological polar surface area (TPSA) is 75.5 Å². The van der Waals surface area contributed by atoms with E-state index in [2.05, 4.69) is 5.10 Å². The zero-order chi connectivity index (χ0) is 20.4. The van der Waals surface area contributed by atoms with Gasteiger partial charge in [0.2, 0.25) is 15.9 Å². The summed E-state index contributed by atoms with van der Waals surface area (Å²) in [6.07, 6.45) is 1.62. The first-order chi connectivity index (χ1) is 13.9. The molecule has 4 rings (SSSR count). The van der Waals surface area contributed by atoms with E-state index in [9.17, 15) is 13.2 Å². The van der Waals surface area contributed by atoms with Crippen molar-refractivity contribution in [1.82, 2.24) is 19.0 Å². The number of rotatable bonds is 5. The molecule has 0 aliphatic carbocycles. The molecule has 0 spiro atoms. The number of carbonyl (C=O) groups is 1. The molecule has 0 unspecified atom stereocenters. The Morgan fingerprint density at radius 1 is 1.07 bits per heavy atom. The van der Waals surface area contributed by atoms with E-state index in [1.165, 1.54) is 22.6 Å². The Kier molecular flexibility index (Phi) is 5.53. The first-order valence-electron chi connectivity index (χ1n) is 9.36. The number of hydrogen-bond donors (Lipinski definition) is 0. The largest absolute Gasteiger partial charge is 0.340 e. The van der Waals surface area contributed by atoms with Gasteiger partial charge in [-0.05, 0) is 17.0 Å². The van der Waals surface area contributed by atoms with Crippen LogP contribution in [0.15, 0.2) is 58.9 Å². The lowest BCUT2D eigenvalue weighted by atomic mass is 10.2. The van der Waals surface area contributed by atoms with E-state index >= 15 is 0 Å². The van der Waals surface area contributed by atoms with Crippen LogP contribution in [0.25, 0.3) is 10.6 Å². The van der Waals surface area contributed by atoms with Crippen LogP contribution in [0, 0.1) is 0 Å². The Hall–Kier alpha value is -2.49. The monoisotopic (exact) mass is 430 g/mol. The van der Waals surface area contributed by atoms with Crippen molar-refractivity contribution in [2.24, 2.45) is 0 Å². The van der Waals surface area contributed by atoms with Crippen LogP contribution < -0.4 is 0 Å². The molecule has 1 aliphatic rings. The first kappa shape index (κ1) is 19.8. The summed E-state index contributed by atoms with van der Waals surface area (Å²) in [5.74, 6) is -0.0306. The minimum absolute atomic E-state index is 0.0306. The van der Waals surface area contributed by atoms with Crippen LogP contribution in [0.4, 0.5) is 0 Å². The smallest absolute Gasteiger partial charge is 0.246 e. The van der Waals surface area contributed by atoms with Gasteiger partial charge in [-0.1, -0.05) is 36.4 Å². The maximum absolute atomic E-state index is 13.4. The Morgan fingerprint density at radius 2 is 1.79 bits per heavy atom. The van der Waals surface area contributed by atoms with Gasteiger partial charge in [0.25, 0.3) is 0 Å². The normalized spacial score (nSPS) is 15.6. The quantitative estimate of drug-likeness (QED) is 0.623. The third-order valence-electron chi connectivity index (χ3n) is 4.97. The van der Waals surface area contributed by atoms with Crippen molar-refractivity contribution in [2.45, 2.75) is 18.4 Å². The van der Waals surface area contributed by atoms with Crippen molar-refractivity contribution in [2.75, 3.05) is 26.2 Å². The zero-order valence-electron chi connectivity index (χ0n) is 16.1. The number of carbonyl (C=O) groups excluding carboxylic acids is 1. The average molecular weight is 431 g/mol. The molecule has 1 amide bonds. The van der Waals surface area contributed by atoms with Gasteiger partial charge in [0, 0.05) is 39.3 Å². The van der Waals surface area contributed by atoms with Gasteiger partial charge in [-0.15, -0.1) is 11.3 Å². The minimum atomic E-state index is -3.72. The van der Waals surface area contributed by atoms with Gasteiger partial charge in [-0.2, -0.15) is 9.40 Å². The summed E-state index contributed by atoms with van der Waals surface area (Å²) >= 11 is 1.47. The number of benzene rings is 1. The van der Waals surface area contributed by atoms with Crippen LogP contribution in [0.3, 0.4) is 0 Å². The zero-order valence-corrected chi connectivity index (χ0v) is 17.7. The van der Waals surface area contributed by atoms with Crippen molar-refractivity contribution in [1.29, 1.82) is 0 Å². The number of hydrogen-bond acceptors (Lipinski definition) is 5. The van der Waals surface area contributed by atoms with Gasteiger partial charge in [0.05, 0.1) is 11.4 Å². The second kappa shape index (κ2) is 8.10. The summed E-state index contributed by atoms with van der Waals surface area (Å²) in [5, 5.41) is 6.52. The maximum atomic E-state index is 13.4. The van der Waals surface area contributed by atoms with Gasteiger partial charge < -0.3 is 4.90 Å². The van der Waals surface area contributed by atoms with Crippen LogP contribution >= 0.6 is 11.3 Å². The maximum Gasteiger partial charge on any atom is 0.246 e. The predicted octanol–water partition coefficient (Wildman–Crippen LogP) is 2.51. The molecule has 0 radical (unpaired) electrons. The molecule has 2 aromatic heterocycles. The second-order valence-electron chi connectivity index (χ2n) is 6.91. The third-order valence-corrected chi connectivity index (χ3v) is 7.75. The van der Waals surface area contributed by atoms with Gasteiger partial charge in [0.15, 0.2) is 0 Å². The number of nitrogens with zero attached hydrogens (tertiary/aromatic N) is 4. The molecule has 1 aliphatic heterocycles. The highest BCUT2D eigenvalue weighted by Crippen LogP contribution is 2.32. The Labute approximate surface area is 174 Å². The molecule has 3 heterocycles. The van der Waals surface area contributed by atoms with Crippen molar-refractivity contribution in [3.8, 4) is 10.6 Å². The minimum Gasteiger partial charge on any atom is -0.340 e. The number of piperazine rings is 1. The molecule has 1 saturated heterocycles. The van der Waals surface area contributed by atoms with Gasteiger partial charge in [0.1, 0.15) is 10.6 Å². The lowest BCUT2D eigenvalue weighted by molar-refractivity contribution is -0.129. The molecular formula is C20H22N4O3S2. The molecule has 1 aromatic carbocycles. The molecule has 152 valence electrons. The average Bonchev–Trinajstić information content (AvgIpc) is 3.39. The number of thiophene rings is 1. The van der Waals surface area contributed by atoms with Crippen LogP contribution in [0.5, 0.6) is 0 Å². The molecule has 0 N–H and O–H groups in total. The Bertz CT molecular complexity index is 1080. The fourth-order valence-electron chi connectivity index (χ4n) is 3.41. The molecule has 3 aromatic rings. The molecule has 1 fully saturated rings. The summed E-state index contributed by atoms with van der Waals surface area (Å²) in [4.78, 5) is 14.3. The van der Waals surface area contributed by atoms with Gasteiger partial charge in [-0.3, -0.25) is 9.48 Å². The fraction of sp³-hybridized carbons (Fsp3) is 0.300. The summed E-state index contributed by atoms with van der Waals surface area (Å²) in [5.41, 5.74) is 1.52. The second-order valence-corrected chi connectivity index (χ2v) is 9.77. The highest BCUT2D eigenvalue weighted by atomic mass is 32.2. The highest BCUT2D eigenvalue weighted by molar-refractivity contribution is 7.89. The van der Waals surface area contributed by atoms with Crippen LogP contribution in [0.2, 0.25) is 0 Å². The summed E-state index contributed by atoms with van der Waals surface area (Å²) in [7, 11) is -3.72. The summed E-state index contributed by atoms with van der Waals surface area (Å²) in [6.45, 7) is 3.38. The van der Waals surface area contributed by atoms with E-state index in [1.807, 2.05) is 47.8 Å². The fourth-order valence-corrected chi connectivity index (χ4v) is 5.77. The van der Waals surface area contributed by atoms with E-state index < -0.39 is 10.0 Å². The van der Waals surface area contributed by atoms with Gasteiger partial charge in [-0.25, -0.2) is 8.42 Å². The molecule has 9 heteroatoms. The summed E-state index contributed by atoms with van der Waals surface area (Å²) in [6, 6.07) is 13.6. The summed E-state index contributed by atoms with van der Waals surface area (Å²) < 4.78 is 30.0. The standard InChI is InChI=1S/C20H22N4O3S2/c1-16(25)22-9-11-24(12-10-22)29(26,27)19-15-23(14-17-6-3-2-4-7-17)21-20(19)18-8-5-13-28-18/h2-8,13,15H,9-12,14H2,1H3. The SMILES string of the molecule is CC(=O)N1CCN(S(=O)(=O)c2cn(Cc3ccccc3)nc2-c2cccs2)CC1. The van der Waals surface area contributed by atoms with E-state index in [4.69, 9.17) is 0 Å². The number of sulfonamides is 1. The highest BCUT2D eigenvalue weighted by Gasteiger charge is 2.33.